The Balaban J connectivity index is 1.62. The molecule has 3 rings (SSSR count). The number of carbonyl (C=O) groups is 1. The van der Waals surface area contributed by atoms with Gasteiger partial charge in [0.2, 0.25) is 5.91 Å². The molecule has 4 nitrogen and oxygen atoms in total. The monoisotopic (exact) mass is 280 g/mol. The van der Waals surface area contributed by atoms with Crippen molar-refractivity contribution in [1.82, 2.24) is 4.90 Å². The number of nitrogens with zero attached hydrogens (tertiary/aromatic N) is 1. The van der Waals surface area contributed by atoms with Gasteiger partial charge in [-0.1, -0.05) is 19.3 Å². The zero-order valence-electron chi connectivity index (χ0n) is 12.4. The smallest absolute Gasteiger partial charge is 0.225 e. The van der Waals surface area contributed by atoms with Crippen LogP contribution in [0.1, 0.15) is 57.8 Å². The first kappa shape index (κ1) is 14.3. The molecule has 2 saturated carbocycles. The predicted molar refractivity (Wildman–Crippen MR) is 78.0 cm³/mol. The van der Waals surface area contributed by atoms with Gasteiger partial charge in [0.25, 0.3) is 0 Å². The van der Waals surface area contributed by atoms with Crippen LogP contribution in [0.2, 0.25) is 0 Å². The Kier molecular flexibility index (Phi) is 4.04. The second-order valence-electron chi connectivity index (χ2n) is 7.20. The normalized spacial score (nSPS) is 42.1. The lowest BCUT2D eigenvalue weighted by atomic mass is 9.71. The molecule has 114 valence electrons. The maximum absolute atomic E-state index is 12.7. The lowest BCUT2D eigenvalue weighted by Gasteiger charge is -2.48. The summed E-state index contributed by atoms with van der Waals surface area (Å²) in [6, 6.07) is 0.203. The molecule has 0 aromatic rings. The molecule has 4 unspecified atom stereocenters. The minimum Gasteiger partial charge on any atom is -0.389 e. The third-order valence-electron chi connectivity index (χ3n) is 5.80. The molecule has 3 aliphatic rings. The minimum absolute atomic E-state index is 0.133. The molecule has 4 heteroatoms. The highest BCUT2D eigenvalue weighted by Gasteiger charge is 2.44. The summed E-state index contributed by atoms with van der Waals surface area (Å²) < 4.78 is 0. The van der Waals surface area contributed by atoms with Crippen LogP contribution >= 0.6 is 0 Å². The predicted octanol–water partition coefficient (Wildman–Crippen LogP) is 1.66. The van der Waals surface area contributed by atoms with E-state index in [4.69, 9.17) is 5.73 Å². The summed E-state index contributed by atoms with van der Waals surface area (Å²) >= 11 is 0. The molecule has 0 aromatic heterocycles. The highest BCUT2D eigenvalue weighted by Crippen LogP contribution is 2.40. The first-order valence-corrected chi connectivity index (χ1v) is 8.35. The van der Waals surface area contributed by atoms with Crippen molar-refractivity contribution < 1.29 is 9.90 Å². The molecule has 1 amide bonds. The number of rotatable bonds is 1. The number of piperidine rings is 1. The Hall–Kier alpha value is -0.610. The lowest BCUT2D eigenvalue weighted by molar-refractivity contribution is -0.148. The van der Waals surface area contributed by atoms with Crippen molar-refractivity contribution in [2.24, 2.45) is 17.6 Å². The van der Waals surface area contributed by atoms with Crippen LogP contribution in [0.4, 0.5) is 0 Å². The van der Waals surface area contributed by atoms with Crippen LogP contribution in [0.5, 0.6) is 0 Å². The molecule has 3 N–H and O–H groups in total. The van der Waals surface area contributed by atoms with E-state index >= 15 is 0 Å². The summed E-state index contributed by atoms with van der Waals surface area (Å²) in [5, 5.41) is 10.7. The maximum atomic E-state index is 12.7. The van der Waals surface area contributed by atoms with E-state index in [1.54, 1.807) is 0 Å². The van der Waals surface area contributed by atoms with E-state index < -0.39 is 5.60 Å². The molecule has 0 bridgehead atoms. The van der Waals surface area contributed by atoms with Gasteiger partial charge in [0.05, 0.1) is 5.60 Å². The molecule has 0 radical (unpaired) electrons. The van der Waals surface area contributed by atoms with Gasteiger partial charge in [0.1, 0.15) is 0 Å². The van der Waals surface area contributed by atoms with Gasteiger partial charge in [0.15, 0.2) is 0 Å². The van der Waals surface area contributed by atoms with E-state index in [-0.39, 0.29) is 12.0 Å². The number of hydrogen-bond donors (Lipinski definition) is 2. The Bertz CT molecular complexity index is 373. The van der Waals surface area contributed by atoms with Crippen LogP contribution in [0, 0.1) is 11.8 Å². The molecule has 2 aliphatic carbocycles. The third-order valence-corrected chi connectivity index (χ3v) is 5.80. The van der Waals surface area contributed by atoms with Crippen molar-refractivity contribution in [1.29, 1.82) is 0 Å². The Labute approximate surface area is 121 Å². The van der Waals surface area contributed by atoms with E-state index in [9.17, 15) is 9.90 Å². The summed E-state index contributed by atoms with van der Waals surface area (Å²) in [4.78, 5) is 14.7. The van der Waals surface area contributed by atoms with E-state index in [0.29, 0.717) is 11.8 Å². The quantitative estimate of drug-likeness (QED) is 0.767. The SMILES string of the molecule is NC1CCCC(C(=O)N2CCC3(O)CCCCC3C2)C1. The van der Waals surface area contributed by atoms with E-state index in [0.717, 1.165) is 64.5 Å². The molecule has 1 aliphatic heterocycles. The number of nitrogens with two attached hydrogens (primary N) is 1. The van der Waals surface area contributed by atoms with Gasteiger partial charge in [-0.25, -0.2) is 0 Å². The molecular formula is C16H28N2O2. The molecule has 3 fully saturated rings. The van der Waals surface area contributed by atoms with E-state index in [1.165, 1.54) is 6.42 Å². The zero-order chi connectivity index (χ0) is 14.2. The molecular weight excluding hydrogens is 252 g/mol. The van der Waals surface area contributed by atoms with Gasteiger partial charge in [-0.3, -0.25) is 4.79 Å². The van der Waals surface area contributed by atoms with Gasteiger partial charge < -0.3 is 15.7 Å². The number of aliphatic hydroxyl groups is 1. The second-order valence-corrected chi connectivity index (χ2v) is 7.20. The number of carbonyl (C=O) groups excluding carboxylic acids is 1. The summed E-state index contributed by atoms with van der Waals surface area (Å²) in [6.07, 6.45) is 9.09. The molecule has 1 heterocycles. The number of likely N-dealkylation sites (tertiary alicyclic amines) is 1. The van der Waals surface area contributed by atoms with E-state index in [1.807, 2.05) is 4.90 Å². The fourth-order valence-electron chi connectivity index (χ4n) is 4.48. The Morgan fingerprint density at radius 3 is 2.80 bits per heavy atom. The first-order valence-electron chi connectivity index (χ1n) is 8.35. The van der Waals surface area contributed by atoms with Crippen LogP contribution < -0.4 is 5.73 Å². The molecule has 1 saturated heterocycles. The van der Waals surface area contributed by atoms with Crippen LogP contribution in [0.15, 0.2) is 0 Å². The molecule has 0 aromatic carbocycles. The molecule has 0 spiro atoms. The highest BCUT2D eigenvalue weighted by atomic mass is 16.3. The molecule has 20 heavy (non-hydrogen) atoms. The second kappa shape index (κ2) is 5.64. The average Bonchev–Trinajstić information content (AvgIpc) is 2.45. The summed E-state index contributed by atoms with van der Waals surface area (Å²) in [6.45, 7) is 1.50. The van der Waals surface area contributed by atoms with Crippen molar-refractivity contribution in [2.75, 3.05) is 13.1 Å². The van der Waals surface area contributed by atoms with Crippen molar-refractivity contribution in [2.45, 2.75) is 69.4 Å². The Morgan fingerprint density at radius 1 is 1.15 bits per heavy atom. The summed E-state index contributed by atoms with van der Waals surface area (Å²) in [7, 11) is 0. The Morgan fingerprint density at radius 2 is 2.00 bits per heavy atom. The largest absolute Gasteiger partial charge is 0.389 e. The molecule has 4 atom stereocenters. The number of amides is 1. The number of hydrogen-bond acceptors (Lipinski definition) is 3. The standard InChI is InChI=1S/C16H28N2O2/c17-14-6-3-4-12(10-14)15(19)18-9-8-16(20)7-2-1-5-13(16)11-18/h12-14,20H,1-11,17H2. The topological polar surface area (TPSA) is 66.6 Å². The number of fused-ring (bicyclic) bond motifs is 1. The van der Waals surface area contributed by atoms with Crippen LogP contribution in [0.25, 0.3) is 0 Å². The van der Waals surface area contributed by atoms with Gasteiger partial charge in [0, 0.05) is 31.0 Å². The van der Waals surface area contributed by atoms with Gasteiger partial charge in [-0.15, -0.1) is 0 Å². The fourth-order valence-corrected chi connectivity index (χ4v) is 4.48. The average molecular weight is 280 g/mol. The highest BCUT2D eigenvalue weighted by molar-refractivity contribution is 5.79. The third kappa shape index (κ3) is 2.73. The summed E-state index contributed by atoms with van der Waals surface area (Å²) in [5.41, 5.74) is 5.52. The fraction of sp³-hybridized carbons (Fsp3) is 0.938. The van der Waals surface area contributed by atoms with Crippen molar-refractivity contribution >= 4 is 5.91 Å². The van der Waals surface area contributed by atoms with E-state index in [2.05, 4.69) is 0 Å². The van der Waals surface area contributed by atoms with Gasteiger partial charge in [-0.2, -0.15) is 0 Å². The van der Waals surface area contributed by atoms with Gasteiger partial charge >= 0.3 is 0 Å². The minimum atomic E-state index is -0.488. The van der Waals surface area contributed by atoms with Crippen LogP contribution in [-0.2, 0) is 4.79 Å². The van der Waals surface area contributed by atoms with Crippen LogP contribution in [0.3, 0.4) is 0 Å². The lowest BCUT2D eigenvalue weighted by Crippen LogP contribution is -2.56. The van der Waals surface area contributed by atoms with Crippen molar-refractivity contribution in [3.63, 3.8) is 0 Å². The first-order chi connectivity index (χ1) is 9.58. The van der Waals surface area contributed by atoms with Gasteiger partial charge in [-0.05, 0) is 38.5 Å². The van der Waals surface area contributed by atoms with Crippen LogP contribution in [-0.4, -0.2) is 40.6 Å². The van der Waals surface area contributed by atoms with Crippen molar-refractivity contribution in [3.05, 3.63) is 0 Å². The zero-order valence-corrected chi connectivity index (χ0v) is 12.4. The summed E-state index contributed by atoms with van der Waals surface area (Å²) in [5.74, 6) is 0.729. The van der Waals surface area contributed by atoms with Crippen molar-refractivity contribution in [3.8, 4) is 0 Å². The maximum Gasteiger partial charge on any atom is 0.225 e.